The topological polar surface area (TPSA) is 65.1 Å². The number of aromatic nitrogens is 2. The van der Waals surface area contributed by atoms with Crippen molar-refractivity contribution in [2.45, 2.75) is 32.1 Å². The lowest BCUT2D eigenvalue weighted by Gasteiger charge is -2.18. The van der Waals surface area contributed by atoms with Crippen LogP contribution in [0.4, 0.5) is 13.2 Å². The van der Waals surface area contributed by atoms with Gasteiger partial charge in [0.15, 0.2) is 0 Å². The zero-order valence-electron chi connectivity index (χ0n) is 10.4. The largest absolute Gasteiger partial charge is 0.411 e. The van der Waals surface area contributed by atoms with Gasteiger partial charge in [-0.15, -0.1) is 0 Å². The highest BCUT2D eigenvalue weighted by Gasteiger charge is 2.27. The molecule has 0 aliphatic heterocycles. The van der Waals surface area contributed by atoms with Crippen LogP contribution in [0, 0.1) is 0 Å². The molecule has 1 atom stereocenters. The van der Waals surface area contributed by atoms with Crippen molar-refractivity contribution in [3.8, 4) is 0 Å². The number of alkyl halides is 3. The third-order valence-corrected chi connectivity index (χ3v) is 2.77. The summed E-state index contributed by atoms with van der Waals surface area (Å²) in [6.45, 7) is 1.11. The molecule has 0 saturated heterocycles. The van der Waals surface area contributed by atoms with Crippen LogP contribution in [0.1, 0.15) is 25.1 Å². The second kappa shape index (κ2) is 7.09. The molecule has 0 fully saturated rings. The number of aryl methyl sites for hydroxylation is 1. The Kier molecular flexibility index (Phi) is 6.05. The Labute approximate surface area is 113 Å². The van der Waals surface area contributed by atoms with E-state index in [4.69, 9.17) is 17.4 Å². The molecule has 0 aliphatic carbocycles. The lowest BCUT2D eigenvalue weighted by Crippen LogP contribution is -2.31. The van der Waals surface area contributed by atoms with Gasteiger partial charge in [0.1, 0.15) is 6.61 Å². The Hall–Kier alpha value is -0.830. The fourth-order valence-corrected chi connectivity index (χ4v) is 1.93. The smallest absolute Gasteiger partial charge is 0.372 e. The summed E-state index contributed by atoms with van der Waals surface area (Å²) in [5.74, 6) is 5.40. The van der Waals surface area contributed by atoms with E-state index in [-0.39, 0.29) is 13.0 Å². The molecular weight excluding hydrogens is 285 g/mol. The van der Waals surface area contributed by atoms with Crippen molar-refractivity contribution >= 4 is 11.6 Å². The van der Waals surface area contributed by atoms with E-state index in [1.54, 1.807) is 4.68 Å². The predicted octanol–water partition coefficient (Wildman–Crippen LogP) is 2.03. The number of nitrogens with two attached hydrogens (primary N) is 1. The van der Waals surface area contributed by atoms with E-state index in [0.29, 0.717) is 17.3 Å². The van der Waals surface area contributed by atoms with Crippen LogP contribution in [-0.2, 0) is 11.3 Å². The van der Waals surface area contributed by atoms with Gasteiger partial charge in [0.2, 0.25) is 0 Å². The van der Waals surface area contributed by atoms with Crippen LogP contribution in [-0.4, -0.2) is 29.2 Å². The van der Waals surface area contributed by atoms with Gasteiger partial charge < -0.3 is 4.74 Å². The Bertz CT molecular complexity index is 397. The summed E-state index contributed by atoms with van der Waals surface area (Å²) in [6.07, 6.45) is -2.59. The highest BCUT2D eigenvalue weighted by Crippen LogP contribution is 2.25. The maximum Gasteiger partial charge on any atom is 0.411 e. The minimum absolute atomic E-state index is 0.0837. The van der Waals surface area contributed by atoms with Gasteiger partial charge in [0.05, 0.1) is 23.0 Å². The first-order valence-corrected chi connectivity index (χ1v) is 6.08. The van der Waals surface area contributed by atoms with Crippen molar-refractivity contribution in [3.63, 3.8) is 0 Å². The van der Waals surface area contributed by atoms with E-state index in [1.807, 2.05) is 6.92 Å². The van der Waals surface area contributed by atoms with E-state index in [2.05, 4.69) is 15.3 Å². The van der Waals surface area contributed by atoms with Crippen LogP contribution in [0.25, 0.3) is 0 Å². The third-order valence-electron chi connectivity index (χ3n) is 2.48. The molecule has 19 heavy (non-hydrogen) atoms. The standard InChI is InChI=1S/C10H16ClF3N4O/c1-2-18-9(7(11)5-16-18)8(17-15)3-4-19-6-10(12,13)14/h5,8,17H,2-4,6,15H2,1H3. The average molecular weight is 301 g/mol. The summed E-state index contributed by atoms with van der Waals surface area (Å²) in [6, 6.07) is -0.414. The van der Waals surface area contributed by atoms with E-state index in [9.17, 15) is 13.2 Å². The first-order valence-electron chi connectivity index (χ1n) is 5.70. The fraction of sp³-hybridized carbons (Fsp3) is 0.700. The van der Waals surface area contributed by atoms with Gasteiger partial charge in [-0.25, -0.2) is 0 Å². The highest BCUT2D eigenvalue weighted by atomic mass is 35.5. The number of hydrazine groups is 1. The molecule has 0 saturated carbocycles. The van der Waals surface area contributed by atoms with E-state index < -0.39 is 18.8 Å². The second-order valence-electron chi connectivity index (χ2n) is 3.87. The zero-order valence-corrected chi connectivity index (χ0v) is 11.1. The minimum atomic E-state index is -4.32. The molecule has 3 N–H and O–H groups in total. The molecule has 1 aromatic heterocycles. The van der Waals surface area contributed by atoms with Crippen molar-refractivity contribution < 1.29 is 17.9 Å². The van der Waals surface area contributed by atoms with Crippen LogP contribution < -0.4 is 11.3 Å². The number of rotatable bonds is 7. The summed E-state index contributed by atoms with van der Waals surface area (Å²) in [7, 11) is 0. The van der Waals surface area contributed by atoms with E-state index >= 15 is 0 Å². The lowest BCUT2D eigenvalue weighted by atomic mass is 10.1. The molecule has 0 spiro atoms. The SMILES string of the molecule is CCn1ncc(Cl)c1C(CCOCC(F)(F)F)NN. The molecule has 1 unspecified atom stereocenters. The summed E-state index contributed by atoms with van der Waals surface area (Å²) >= 11 is 5.98. The first-order chi connectivity index (χ1) is 8.89. The summed E-state index contributed by atoms with van der Waals surface area (Å²) in [5, 5.41) is 4.46. The maximum absolute atomic E-state index is 11.9. The van der Waals surface area contributed by atoms with Crippen molar-refractivity contribution in [2.24, 2.45) is 5.84 Å². The number of nitrogens with one attached hydrogen (secondary N) is 1. The van der Waals surface area contributed by atoms with Crippen LogP contribution >= 0.6 is 11.6 Å². The summed E-state index contributed by atoms with van der Waals surface area (Å²) < 4.78 is 41.9. The van der Waals surface area contributed by atoms with Crippen molar-refractivity contribution in [1.82, 2.24) is 15.2 Å². The number of hydrogen-bond acceptors (Lipinski definition) is 4. The molecule has 9 heteroatoms. The number of ether oxygens (including phenoxy) is 1. The van der Waals surface area contributed by atoms with Crippen molar-refractivity contribution in [3.05, 3.63) is 16.9 Å². The van der Waals surface area contributed by atoms with Gasteiger partial charge in [0, 0.05) is 13.2 Å². The van der Waals surface area contributed by atoms with Gasteiger partial charge >= 0.3 is 6.18 Å². The number of hydrogen-bond donors (Lipinski definition) is 2. The van der Waals surface area contributed by atoms with Crippen LogP contribution in [0.5, 0.6) is 0 Å². The minimum Gasteiger partial charge on any atom is -0.372 e. The molecule has 1 rings (SSSR count). The van der Waals surface area contributed by atoms with Crippen molar-refractivity contribution in [1.29, 1.82) is 0 Å². The molecule has 0 bridgehead atoms. The highest BCUT2D eigenvalue weighted by molar-refractivity contribution is 6.31. The van der Waals surface area contributed by atoms with Gasteiger partial charge in [-0.3, -0.25) is 16.0 Å². The predicted molar refractivity (Wildman–Crippen MR) is 64.5 cm³/mol. The maximum atomic E-state index is 11.9. The van der Waals surface area contributed by atoms with Crippen LogP contribution in [0.2, 0.25) is 5.02 Å². The van der Waals surface area contributed by atoms with Crippen LogP contribution in [0.3, 0.4) is 0 Å². The molecule has 0 amide bonds. The molecule has 0 aromatic carbocycles. The molecule has 1 aromatic rings. The van der Waals surface area contributed by atoms with Crippen LogP contribution in [0.15, 0.2) is 6.20 Å². The molecule has 0 aliphatic rings. The van der Waals surface area contributed by atoms with Crippen molar-refractivity contribution in [2.75, 3.05) is 13.2 Å². The van der Waals surface area contributed by atoms with Gasteiger partial charge in [-0.1, -0.05) is 11.6 Å². The molecule has 5 nitrogen and oxygen atoms in total. The Morgan fingerprint density at radius 2 is 2.26 bits per heavy atom. The molecule has 0 radical (unpaired) electrons. The Morgan fingerprint density at radius 1 is 1.58 bits per heavy atom. The summed E-state index contributed by atoms with van der Waals surface area (Å²) in [4.78, 5) is 0. The Morgan fingerprint density at radius 3 is 2.79 bits per heavy atom. The summed E-state index contributed by atoms with van der Waals surface area (Å²) in [5.41, 5.74) is 3.15. The normalized spacial score (nSPS) is 13.8. The number of nitrogens with zero attached hydrogens (tertiary/aromatic N) is 2. The molecule has 1 heterocycles. The van der Waals surface area contributed by atoms with Gasteiger partial charge in [-0.05, 0) is 13.3 Å². The quantitative estimate of drug-likeness (QED) is 0.459. The molecular formula is C10H16ClF3N4O. The second-order valence-corrected chi connectivity index (χ2v) is 4.28. The monoisotopic (exact) mass is 300 g/mol. The van der Waals surface area contributed by atoms with Gasteiger partial charge in [-0.2, -0.15) is 18.3 Å². The Balaban J connectivity index is 2.56. The fourth-order valence-electron chi connectivity index (χ4n) is 1.66. The van der Waals surface area contributed by atoms with E-state index in [0.717, 1.165) is 0 Å². The third kappa shape index (κ3) is 4.98. The number of halogens is 4. The zero-order chi connectivity index (χ0) is 14.5. The first kappa shape index (κ1) is 16.2. The van der Waals surface area contributed by atoms with Gasteiger partial charge in [0.25, 0.3) is 0 Å². The molecule has 110 valence electrons. The average Bonchev–Trinajstić information content (AvgIpc) is 2.70. The lowest BCUT2D eigenvalue weighted by molar-refractivity contribution is -0.174. The van der Waals surface area contributed by atoms with E-state index in [1.165, 1.54) is 6.20 Å².